The molecule has 1 aromatic heterocycles. The van der Waals surface area contributed by atoms with Crippen LogP contribution >= 0.6 is 0 Å². The quantitative estimate of drug-likeness (QED) is 0.908. The molecule has 6 heteroatoms. The first-order chi connectivity index (χ1) is 10.1. The van der Waals surface area contributed by atoms with Crippen LogP contribution in [0.25, 0.3) is 0 Å². The van der Waals surface area contributed by atoms with Crippen molar-refractivity contribution in [1.29, 1.82) is 0 Å². The molecule has 1 amide bonds. The van der Waals surface area contributed by atoms with Gasteiger partial charge in [-0.2, -0.15) is 0 Å². The number of halogens is 1. The van der Waals surface area contributed by atoms with Crippen molar-refractivity contribution in [2.75, 3.05) is 11.1 Å². The summed E-state index contributed by atoms with van der Waals surface area (Å²) in [5, 5.41) is 2.63. The lowest BCUT2D eigenvalue weighted by molar-refractivity contribution is 0.102. The Kier molecular flexibility index (Phi) is 3.29. The minimum Gasteiger partial charge on any atom is -0.383 e. The molecular weight excluding hydrogens is 271 g/mol. The van der Waals surface area contributed by atoms with Crippen molar-refractivity contribution in [1.82, 2.24) is 9.97 Å². The van der Waals surface area contributed by atoms with Crippen molar-refractivity contribution in [2.24, 2.45) is 0 Å². The second-order valence-electron chi connectivity index (χ2n) is 5.17. The van der Waals surface area contributed by atoms with E-state index in [-0.39, 0.29) is 17.2 Å². The van der Waals surface area contributed by atoms with E-state index in [0.29, 0.717) is 23.0 Å². The van der Waals surface area contributed by atoms with Crippen LogP contribution in [0.2, 0.25) is 0 Å². The van der Waals surface area contributed by atoms with E-state index in [1.807, 2.05) is 0 Å². The van der Waals surface area contributed by atoms with Gasteiger partial charge in [-0.1, -0.05) is 6.07 Å². The van der Waals surface area contributed by atoms with E-state index in [4.69, 9.17) is 5.73 Å². The first-order valence-electron chi connectivity index (χ1n) is 6.75. The van der Waals surface area contributed by atoms with E-state index in [0.717, 1.165) is 12.8 Å². The fourth-order valence-corrected chi connectivity index (χ4v) is 2.06. The number of nitrogens with zero attached hydrogens (tertiary/aromatic N) is 2. The van der Waals surface area contributed by atoms with Gasteiger partial charge in [-0.15, -0.1) is 0 Å². The number of anilines is 2. The molecule has 0 bridgehead atoms. The summed E-state index contributed by atoms with van der Waals surface area (Å²) in [6.07, 6.45) is 3.56. The fraction of sp³-hybridized carbons (Fsp3) is 0.267. The Bertz CT molecular complexity index is 713. The first-order valence-corrected chi connectivity index (χ1v) is 6.75. The van der Waals surface area contributed by atoms with Crippen LogP contribution in [0.4, 0.5) is 15.9 Å². The Balaban J connectivity index is 1.83. The summed E-state index contributed by atoms with van der Waals surface area (Å²) in [6, 6.07) is 4.51. The summed E-state index contributed by atoms with van der Waals surface area (Å²) in [5.41, 5.74) is 6.80. The number of hydrogen-bond acceptors (Lipinski definition) is 4. The molecule has 1 fully saturated rings. The van der Waals surface area contributed by atoms with Crippen molar-refractivity contribution in [3.05, 3.63) is 47.2 Å². The summed E-state index contributed by atoms with van der Waals surface area (Å²) < 4.78 is 13.5. The Morgan fingerprint density at radius 2 is 2.19 bits per heavy atom. The van der Waals surface area contributed by atoms with Gasteiger partial charge < -0.3 is 11.1 Å². The first kappa shape index (κ1) is 13.5. The van der Waals surface area contributed by atoms with Crippen LogP contribution in [0.3, 0.4) is 0 Å². The minimum absolute atomic E-state index is 0.151. The van der Waals surface area contributed by atoms with Gasteiger partial charge in [0, 0.05) is 23.4 Å². The molecule has 1 aliphatic carbocycles. The van der Waals surface area contributed by atoms with E-state index >= 15 is 0 Å². The fourth-order valence-electron chi connectivity index (χ4n) is 2.06. The van der Waals surface area contributed by atoms with Crippen molar-refractivity contribution in [3.63, 3.8) is 0 Å². The molecular formula is C15H15FN4O. The van der Waals surface area contributed by atoms with E-state index in [1.165, 1.54) is 18.3 Å². The zero-order chi connectivity index (χ0) is 15.0. The van der Waals surface area contributed by atoms with E-state index in [9.17, 15) is 9.18 Å². The second-order valence-corrected chi connectivity index (χ2v) is 5.17. The maximum Gasteiger partial charge on any atom is 0.260 e. The highest BCUT2D eigenvalue weighted by Crippen LogP contribution is 2.38. The molecule has 0 atom stereocenters. The molecule has 1 heterocycles. The van der Waals surface area contributed by atoms with Crippen LogP contribution in [0.5, 0.6) is 0 Å². The highest BCUT2D eigenvalue weighted by Gasteiger charge is 2.27. The van der Waals surface area contributed by atoms with Crippen molar-refractivity contribution in [2.45, 2.75) is 25.7 Å². The van der Waals surface area contributed by atoms with Crippen molar-refractivity contribution in [3.8, 4) is 0 Å². The molecule has 3 rings (SSSR count). The molecule has 0 aliphatic heterocycles. The zero-order valence-electron chi connectivity index (χ0n) is 11.6. The topological polar surface area (TPSA) is 80.9 Å². The molecule has 3 N–H and O–H groups in total. The third-order valence-electron chi connectivity index (χ3n) is 3.54. The predicted octanol–water partition coefficient (Wildman–Crippen LogP) is 2.64. The predicted molar refractivity (Wildman–Crippen MR) is 77.5 cm³/mol. The van der Waals surface area contributed by atoms with Crippen molar-refractivity contribution < 1.29 is 9.18 Å². The molecule has 1 aromatic carbocycles. The highest BCUT2D eigenvalue weighted by molar-refractivity contribution is 6.07. The number of amides is 1. The summed E-state index contributed by atoms with van der Waals surface area (Å²) in [5.74, 6) is 0.393. The average Bonchev–Trinajstić information content (AvgIpc) is 3.28. The Labute approximate surface area is 121 Å². The molecule has 1 aliphatic rings. The molecule has 2 aromatic rings. The number of nitrogens with two attached hydrogens (primary N) is 1. The SMILES string of the molecule is Cc1c(F)cccc1NC(=O)c1cnc(C2CC2)nc1N. The third kappa shape index (κ3) is 2.69. The number of nitrogen functional groups attached to an aromatic ring is 1. The number of carbonyl (C=O) groups is 1. The molecule has 108 valence electrons. The zero-order valence-corrected chi connectivity index (χ0v) is 11.6. The summed E-state index contributed by atoms with van der Waals surface area (Å²) in [4.78, 5) is 20.5. The summed E-state index contributed by atoms with van der Waals surface area (Å²) in [6.45, 7) is 1.60. The van der Waals surface area contributed by atoms with Crippen LogP contribution < -0.4 is 11.1 Å². The second kappa shape index (κ2) is 5.12. The molecule has 1 saturated carbocycles. The molecule has 0 saturated heterocycles. The molecule has 5 nitrogen and oxygen atoms in total. The molecule has 0 spiro atoms. The smallest absolute Gasteiger partial charge is 0.260 e. The lowest BCUT2D eigenvalue weighted by Gasteiger charge is -2.10. The minimum atomic E-state index is -0.441. The van der Waals surface area contributed by atoms with Gasteiger partial charge in [-0.05, 0) is 31.9 Å². The van der Waals surface area contributed by atoms with Crippen LogP contribution in [-0.4, -0.2) is 15.9 Å². The number of rotatable bonds is 3. The average molecular weight is 286 g/mol. The summed E-state index contributed by atoms with van der Waals surface area (Å²) >= 11 is 0. The standard InChI is InChI=1S/C15H15FN4O/c1-8-11(16)3-2-4-12(8)19-15(21)10-7-18-14(9-5-6-9)20-13(10)17/h2-4,7,9H,5-6H2,1H3,(H,19,21)(H2,17,18,20). The van der Waals surface area contributed by atoms with Gasteiger partial charge in [0.2, 0.25) is 0 Å². The number of nitrogens with one attached hydrogen (secondary N) is 1. The Hall–Kier alpha value is -2.50. The monoisotopic (exact) mass is 286 g/mol. The largest absolute Gasteiger partial charge is 0.383 e. The highest BCUT2D eigenvalue weighted by atomic mass is 19.1. The molecule has 21 heavy (non-hydrogen) atoms. The van der Waals surface area contributed by atoms with Gasteiger partial charge in [0.15, 0.2) is 0 Å². The number of carbonyl (C=O) groups excluding carboxylic acids is 1. The number of aromatic nitrogens is 2. The lowest BCUT2D eigenvalue weighted by Crippen LogP contribution is -2.17. The van der Waals surface area contributed by atoms with Gasteiger partial charge in [0.05, 0.1) is 0 Å². The summed E-state index contributed by atoms with van der Waals surface area (Å²) in [7, 11) is 0. The van der Waals surface area contributed by atoms with Crippen LogP contribution in [0, 0.1) is 12.7 Å². The van der Waals surface area contributed by atoms with Gasteiger partial charge in [-0.25, -0.2) is 14.4 Å². The molecule has 0 unspecified atom stereocenters. The maximum atomic E-state index is 13.5. The molecule has 0 radical (unpaired) electrons. The Morgan fingerprint density at radius 3 is 2.86 bits per heavy atom. The number of benzene rings is 1. The number of hydrogen-bond donors (Lipinski definition) is 2. The van der Waals surface area contributed by atoms with Gasteiger partial charge in [0.25, 0.3) is 5.91 Å². The van der Waals surface area contributed by atoms with E-state index in [2.05, 4.69) is 15.3 Å². The van der Waals surface area contributed by atoms with Crippen LogP contribution in [0.15, 0.2) is 24.4 Å². The van der Waals surface area contributed by atoms with Crippen molar-refractivity contribution >= 4 is 17.4 Å². The Morgan fingerprint density at radius 1 is 1.43 bits per heavy atom. The lowest BCUT2D eigenvalue weighted by atomic mass is 10.1. The van der Waals surface area contributed by atoms with Crippen LogP contribution in [-0.2, 0) is 0 Å². The van der Waals surface area contributed by atoms with E-state index in [1.54, 1.807) is 13.0 Å². The third-order valence-corrected chi connectivity index (χ3v) is 3.54. The van der Waals surface area contributed by atoms with E-state index < -0.39 is 5.91 Å². The normalized spacial score (nSPS) is 14.0. The van der Waals surface area contributed by atoms with Gasteiger partial charge in [-0.3, -0.25) is 4.79 Å². The van der Waals surface area contributed by atoms with Crippen LogP contribution in [0.1, 0.15) is 40.5 Å². The van der Waals surface area contributed by atoms with Gasteiger partial charge >= 0.3 is 0 Å². The maximum absolute atomic E-state index is 13.5. The van der Waals surface area contributed by atoms with Gasteiger partial charge in [0.1, 0.15) is 23.0 Å².